The molecule has 0 saturated carbocycles. The molecule has 0 unspecified atom stereocenters. The Labute approximate surface area is 155 Å². The van der Waals surface area contributed by atoms with Crippen LogP contribution < -0.4 is 15.8 Å². The molecule has 0 fully saturated rings. The van der Waals surface area contributed by atoms with Crippen molar-refractivity contribution in [2.24, 2.45) is 0 Å². The SMILES string of the molecule is COc1ccccc1-c1csc2nc(Nc3ncnc(N)c3[N+](=O)[O-])nn12. The van der Waals surface area contributed by atoms with Crippen LogP contribution in [-0.4, -0.2) is 36.6 Å². The quantitative estimate of drug-likeness (QED) is 0.391. The molecule has 3 N–H and O–H groups in total. The zero-order valence-electron chi connectivity index (χ0n) is 13.9. The Morgan fingerprint density at radius 3 is 2.93 bits per heavy atom. The Bertz CT molecular complexity index is 1160. The van der Waals surface area contributed by atoms with Gasteiger partial charge in [0.2, 0.25) is 22.5 Å². The molecule has 0 bridgehead atoms. The monoisotopic (exact) mass is 384 g/mol. The van der Waals surface area contributed by atoms with E-state index in [1.54, 1.807) is 11.6 Å². The van der Waals surface area contributed by atoms with Gasteiger partial charge in [-0.25, -0.2) is 14.5 Å². The summed E-state index contributed by atoms with van der Waals surface area (Å²) in [5.41, 5.74) is 6.77. The lowest BCUT2D eigenvalue weighted by molar-refractivity contribution is -0.383. The predicted octanol–water partition coefficient (Wildman–Crippen LogP) is 2.49. The van der Waals surface area contributed by atoms with E-state index in [4.69, 9.17) is 10.5 Å². The number of methoxy groups -OCH3 is 1. The van der Waals surface area contributed by atoms with Gasteiger partial charge in [-0.15, -0.1) is 16.4 Å². The molecule has 3 aromatic heterocycles. The number of thiazole rings is 1. The van der Waals surface area contributed by atoms with Gasteiger partial charge in [0.25, 0.3) is 0 Å². The van der Waals surface area contributed by atoms with Crippen LogP contribution in [0.4, 0.5) is 23.3 Å². The minimum absolute atomic E-state index is 0.0791. The summed E-state index contributed by atoms with van der Waals surface area (Å²) >= 11 is 1.38. The van der Waals surface area contributed by atoms with Gasteiger partial charge < -0.3 is 15.8 Å². The molecule has 4 rings (SSSR count). The van der Waals surface area contributed by atoms with E-state index in [0.29, 0.717) is 10.7 Å². The summed E-state index contributed by atoms with van der Waals surface area (Å²) in [6.07, 6.45) is 1.13. The number of hydrogen-bond acceptors (Lipinski definition) is 10. The summed E-state index contributed by atoms with van der Waals surface area (Å²) in [6, 6.07) is 7.52. The number of hydrogen-bond donors (Lipinski definition) is 2. The third-order valence-corrected chi connectivity index (χ3v) is 4.54. The number of nitro groups is 1. The second kappa shape index (κ2) is 6.49. The molecule has 0 aliphatic carbocycles. The first kappa shape index (κ1) is 16.7. The normalized spacial score (nSPS) is 10.9. The first-order valence-electron chi connectivity index (χ1n) is 7.58. The zero-order chi connectivity index (χ0) is 19.0. The molecule has 0 aliphatic heterocycles. The predicted molar refractivity (Wildman–Crippen MR) is 99.2 cm³/mol. The third kappa shape index (κ3) is 2.87. The summed E-state index contributed by atoms with van der Waals surface area (Å²) in [7, 11) is 1.59. The molecular formula is C15H12N8O3S. The van der Waals surface area contributed by atoms with E-state index in [-0.39, 0.29) is 17.6 Å². The summed E-state index contributed by atoms with van der Waals surface area (Å²) in [5, 5.41) is 20.2. The molecule has 0 spiro atoms. The maximum Gasteiger partial charge on any atom is 0.353 e. The van der Waals surface area contributed by atoms with E-state index in [9.17, 15) is 10.1 Å². The van der Waals surface area contributed by atoms with Gasteiger partial charge >= 0.3 is 5.69 Å². The Morgan fingerprint density at radius 2 is 2.15 bits per heavy atom. The molecule has 0 radical (unpaired) electrons. The van der Waals surface area contributed by atoms with Crippen molar-refractivity contribution in [1.29, 1.82) is 0 Å². The van der Waals surface area contributed by atoms with Crippen molar-refractivity contribution >= 4 is 39.6 Å². The van der Waals surface area contributed by atoms with Crippen LogP contribution in [0.15, 0.2) is 36.0 Å². The number of nitrogens with one attached hydrogen (secondary N) is 1. The molecule has 27 heavy (non-hydrogen) atoms. The fraction of sp³-hybridized carbons (Fsp3) is 0.0667. The molecule has 12 heteroatoms. The number of nitrogens with zero attached hydrogens (tertiary/aromatic N) is 6. The van der Waals surface area contributed by atoms with Gasteiger partial charge in [0.15, 0.2) is 0 Å². The van der Waals surface area contributed by atoms with Gasteiger partial charge in [0.05, 0.1) is 17.7 Å². The van der Waals surface area contributed by atoms with Crippen molar-refractivity contribution in [3.8, 4) is 17.0 Å². The molecule has 0 amide bonds. The molecule has 0 aliphatic rings. The van der Waals surface area contributed by atoms with E-state index in [2.05, 4.69) is 25.4 Å². The van der Waals surface area contributed by atoms with E-state index < -0.39 is 10.6 Å². The summed E-state index contributed by atoms with van der Waals surface area (Å²) in [4.78, 5) is 23.0. The van der Waals surface area contributed by atoms with Crippen LogP contribution in [0.25, 0.3) is 16.2 Å². The minimum Gasteiger partial charge on any atom is -0.496 e. The molecule has 136 valence electrons. The third-order valence-electron chi connectivity index (χ3n) is 3.73. The first-order valence-corrected chi connectivity index (χ1v) is 8.46. The highest BCUT2D eigenvalue weighted by Gasteiger charge is 2.23. The molecule has 3 heterocycles. The number of aromatic nitrogens is 5. The lowest BCUT2D eigenvalue weighted by Crippen LogP contribution is -2.05. The molecule has 4 aromatic rings. The second-order valence-electron chi connectivity index (χ2n) is 5.29. The average Bonchev–Trinajstić information content (AvgIpc) is 3.21. The van der Waals surface area contributed by atoms with Crippen molar-refractivity contribution in [2.45, 2.75) is 0 Å². The smallest absolute Gasteiger partial charge is 0.353 e. The van der Waals surface area contributed by atoms with Crippen LogP contribution >= 0.6 is 11.3 Å². The van der Waals surface area contributed by atoms with Gasteiger partial charge in [-0.3, -0.25) is 10.1 Å². The Hall–Kier alpha value is -3.80. The first-order chi connectivity index (χ1) is 13.1. The van der Waals surface area contributed by atoms with Crippen LogP contribution in [0.2, 0.25) is 0 Å². The van der Waals surface area contributed by atoms with Crippen molar-refractivity contribution in [3.63, 3.8) is 0 Å². The van der Waals surface area contributed by atoms with Crippen molar-refractivity contribution in [3.05, 3.63) is 46.1 Å². The average molecular weight is 384 g/mol. The zero-order valence-corrected chi connectivity index (χ0v) is 14.7. The molecule has 0 saturated heterocycles. The van der Waals surface area contributed by atoms with Crippen LogP contribution in [-0.2, 0) is 0 Å². The highest BCUT2D eigenvalue weighted by atomic mass is 32.1. The standard InChI is InChI=1S/C15H12N8O3S/c1-26-10-5-3-2-4-8(10)9-6-27-15-20-14(21-22(9)15)19-13-11(23(24)25)12(16)17-7-18-13/h2-7H,1H3,(H3,16,17,18,19,21). The highest BCUT2D eigenvalue weighted by Crippen LogP contribution is 2.33. The lowest BCUT2D eigenvalue weighted by atomic mass is 10.1. The van der Waals surface area contributed by atoms with Crippen LogP contribution in [0.3, 0.4) is 0 Å². The fourth-order valence-corrected chi connectivity index (χ4v) is 3.37. The number of benzene rings is 1. The van der Waals surface area contributed by atoms with E-state index in [1.807, 2.05) is 29.6 Å². The van der Waals surface area contributed by atoms with Gasteiger partial charge in [-0.1, -0.05) is 12.1 Å². The number of nitrogens with two attached hydrogens (primary N) is 1. The largest absolute Gasteiger partial charge is 0.496 e. The number of nitrogen functional groups attached to an aromatic ring is 1. The van der Waals surface area contributed by atoms with Crippen LogP contribution in [0, 0.1) is 10.1 Å². The van der Waals surface area contributed by atoms with Crippen LogP contribution in [0.5, 0.6) is 5.75 Å². The van der Waals surface area contributed by atoms with E-state index in [1.165, 1.54) is 11.3 Å². The van der Waals surface area contributed by atoms with Gasteiger partial charge in [-0.05, 0) is 12.1 Å². The summed E-state index contributed by atoms with van der Waals surface area (Å²) in [6.45, 7) is 0. The van der Waals surface area contributed by atoms with Gasteiger partial charge in [0, 0.05) is 10.9 Å². The topological polar surface area (TPSA) is 146 Å². The number of para-hydroxylation sites is 1. The minimum atomic E-state index is -0.656. The van der Waals surface area contributed by atoms with Gasteiger partial charge in [-0.2, -0.15) is 4.98 Å². The van der Waals surface area contributed by atoms with Crippen molar-refractivity contribution in [1.82, 2.24) is 24.6 Å². The van der Waals surface area contributed by atoms with E-state index >= 15 is 0 Å². The number of fused-ring (bicyclic) bond motifs is 1. The van der Waals surface area contributed by atoms with Crippen molar-refractivity contribution < 1.29 is 9.66 Å². The Morgan fingerprint density at radius 1 is 1.33 bits per heavy atom. The number of ether oxygens (including phenoxy) is 1. The molecule has 1 aromatic carbocycles. The number of anilines is 3. The maximum absolute atomic E-state index is 11.2. The molecule has 0 atom stereocenters. The Kier molecular flexibility index (Phi) is 4.01. The molecular weight excluding hydrogens is 372 g/mol. The van der Waals surface area contributed by atoms with Crippen molar-refractivity contribution in [2.75, 3.05) is 18.2 Å². The molecule has 11 nitrogen and oxygen atoms in total. The van der Waals surface area contributed by atoms with Crippen LogP contribution in [0.1, 0.15) is 0 Å². The Balaban J connectivity index is 1.76. The van der Waals surface area contributed by atoms with E-state index in [0.717, 1.165) is 17.6 Å². The highest BCUT2D eigenvalue weighted by molar-refractivity contribution is 7.15. The summed E-state index contributed by atoms with van der Waals surface area (Å²) < 4.78 is 7.02. The lowest BCUT2D eigenvalue weighted by Gasteiger charge is -2.06. The number of rotatable bonds is 5. The fourth-order valence-electron chi connectivity index (χ4n) is 2.55. The summed E-state index contributed by atoms with van der Waals surface area (Å²) in [5.74, 6) is 0.526. The second-order valence-corrected chi connectivity index (χ2v) is 6.13. The maximum atomic E-state index is 11.2. The van der Waals surface area contributed by atoms with Gasteiger partial charge in [0.1, 0.15) is 12.1 Å².